The summed E-state index contributed by atoms with van der Waals surface area (Å²) in [6.45, 7) is 2.73. The minimum absolute atomic E-state index is 0.216. The Hall–Kier alpha value is -3.31. The second-order valence-corrected chi connectivity index (χ2v) is 6.91. The summed E-state index contributed by atoms with van der Waals surface area (Å²) in [6, 6.07) is 17.4. The molecule has 0 aliphatic heterocycles. The molecule has 1 aromatic heterocycles. The number of amides is 1. The fraction of sp³-hybridized carbons (Fsp3) is 0.130. The van der Waals surface area contributed by atoms with Crippen molar-refractivity contribution in [2.24, 2.45) is 0 Å². The molecule has 0 unspecified atom stereocenters. The number of rotatable bonds is 7. The number of nitrogens with zero attached hydrogens (tertiary/aromatic N) is 1. The Morgan fingerprint density at radius 3 is 2.59 bits per heavy atom. The van der Waals surface area contributed by atoms with Crippen LogP contribution in [0.25, 0.3) is 17.2 Å². The smallest absolute Gasteiger partial charge is 0.244 e. The number of ether oxygens (including phenoxy) is 1. The van der Waals surface area contributed by atoms with Crippen LogP contribution in [-0.4, -0.2) is 24.0 Å². The van der Waals surface area contributed by atoms with Gasteiger partial charge in [0.2, 0.25) is 5.91 Å². The molecule has 3 rings (SSSR count). The molecular weight excluding hydrogens is 386 g/mol. The molecule has 0 saturated heterocycles. The van der Waals surface area contributed by atoms with Gasteiger partial charge in [0.25, 0.3) is 0 Å². The van der Waals surface area contributed by atoms with Crippen LogP contribution in [-0.2, 0) is 4.79 Å². The molecule has 0 aliphatic carbocycles. The summed E-state index contributed by atoms with van der Waals surface area (Å²) in [6.07, 6.45) is 4.71. The van der Waals surface area contributed by atoms with Crippen LogP contribution in [0.2, 0.25) is 5.02 Å². The van der Waals surface area contributed by atoms with E-state index in [4.69, 9.17) is 22.1 Å². The number of anilines is 1. The average molecular weight is 408 g/mol. The molecule has 1 heterocycles. The minimum atomic E-state index is -0.216. The monoisotopic (exact) mass is 407 g/mol. The normalized spacial score (nSPS) is 10.8. The molecule has 0 atom stereocenters. The highest BCUT2D eigenvalue weighted by Crippen LogP contribution is 2.30. The van der Waals surface area contributed by atoms with Gasteiger partial charge in [0, 0.05) is 12.3 Å². The van der Waals surface area contributed by atoms with Gasteiger partial charge in [-0.05, 0) is 54.0 Å². The number of halogens is 1. The lowest BCUT2D eigenvalue weighted by Crippen LogP contribution is -2.26. The van der Waals surface area contributed by atoms with Crippen LogP contribution in [0.1, 0.15) is 11.1 Å². The van der Waals surface area contributed by atoms with Crippen molar-refractivity contribution in [3.63, 3.8) is 0 Å². The van der Waals surface area contributed by atoms with Crippen molar-refractivity contribution in [2.45, 2.75) is 6.92 Å². The Morgan fingerprint density at radius 1 is 1.14 bits per heavy atom. The molecule has 5 nitrogen and oxygen atoms in total. The highest BCUT2D eigenvalue weighted by Gasteiger charge is 2.05. The fourth-order valence-corrected chi connectivity index (χ4v) is 2.86. The Bertz CT molecular complexity index is 1000. The summed E-state index contributed by atoms with van der Waals surface area (Å²) in [4.78, 5) is 15.8. The first kappa shape index (κ1) is 20.4. The van der Waals surface area contributed by atoms with E-state index in [9.17, 15) is 4.79 Å². The van der Waals surface area contributed by atoms with E-state index >= 15 is 0 Å². The lowest BCUT2D eigenvalue weighted by molar-refractivity contribution is -0.116. The third kappa shape index (κ3) is 6.09. The molecule has 0 aliphatic rings. The van der Waals surface area contributed by atoms with Crippen LogP contribution < -0.4 is 15.8 Å². The van der Waals surface area contributed by atoms with Crippen molar-refractivity contribution in [2.75, 3.05) is 18.9 Å². The maximum atomic E-state index is 11.9. The fourth-order valence-electron chi connectivity index (χ4n) is 2.62. The molecule has 3 aromatic rings. The third-order valence-corrected chi connectivity index (χ3v) is 4.51. The molecule has 0 spiro atoms. The van der Waals surface area contributed by atoms with Crippen LogP contribution in [0, 0.1) is 6.92 Å². The van der Waals surface area contributed by atoms with Gasteiger partial charge in [-0.25, -0.2) is 4.98 Å². The van der Waals surface area contributed by atoms with Crippen molar-refractivity contribution in [3.05, 3.63) is 83.0 Å². The van der Waals surface area contributed by atoms with Gasteiger partial charge in [0.1, 0.15) is 18.2 Å². The molecule has 0 fully saturated rings. The van der Waals surface area contributed by atoms with E-state index in [1.807, 2.05) is 18.2 Å². The molecule has 148 valence electrons. The van der Waals surface area contributed by atoms with Crippen LogP contribution in [0.15, 0.2) is 66.9 Å². The number of pyridine rings is 1. The summed E-state index contributed by atoms with van der Waals surface area (Å²) in [5.41, 5.74) is 9.66. The molecule has 0 bridgehead atoms. The number of carbonyl (C=O) groups is 1. The molecular formula is C23H22ClN3O2. The Kier molecular flexibility index (Phi) is 6.87. The predicted molar refractivity (Wildman–Crippen MR) is 118 cm³/mol. The first-order chi connectivity index (χ1) is 14.0. The Balaban J connectivity index is 1.47. The number of benzene rings is 2. The van der Waals surface area contributed by atoms with E-state index in [0.717, 1.165) is 16.7 Å². The van der Waals surface area contributed by atoms with Crippen molar-refractivity contribution in [1.29, 1.82) is 0 Å². The van der Waals surface area contributed by atoms with E-state index < -0.39 is 0 Å². The molecule has 1 amide bonds. The van der Waals surface area contributed by atoms with Crippen LogP contribution in [0.4, 0.5) is 5.82 Å². The lowest BCUT2D eigenvalue weighted by Gasteiger charge is -2.10. The van der Waals surface area contributed by atoms with Crippen molar-refractivity contribution < 1.29 is 9.53 Å². The molecule has 0 saturated carbocycles. The van der Waals surface area contributed by atoms with E-state index in [-0.39, 0.29) is 5.91 Å². The summed E-state index contributed by atoms with van der Waals surface area (Å²) >= 11 is 6.34. The van der Waals surface area contributed by atoms with Gasteiger partial charge in [-0.2, -0.15) is 0 Å². The second kappa shape index (κ2) is 9.75. The number of hydrogen-bond donors (Lipinski definition) is 2. The minimum Gasteiger partial charge on any atom is -0.490 e. The second-order valence-electron chi connectivity index (χ2n) is 6.50. The quantitative estimate of drug-likeness (QED) is 0.446. The first-order valence-corrected chi connectivity index (χ1v) is 9.56. The molecule has 3 N–H and O–H groups in total. The maximum absolute atomic E-state index is 11.9. The molecule has 0 radical (unpaired) electrons. The molecule has 29 heavy (non-hydrogen) atoms. The maximum Gasteiger partial charge on any atom is 0.244 e. The number of nitrogens with two attached hydrogens (primary N) is 1. The number of hydrogen-bond acceptors (Lipinski definition) is 4. The highest BCUT2D eigenvalue weighted by atomic mass is 35.5. The zero-order chi connectivity index (χ0) is 20.6. The van der Waals surface area contributed by atoms with Gasteiger partial charge in [-0.3, -0.25) is 4.79 Å². The van der Waals surface area contributed by atoms with Gasteiger partial charge in [-0.15, -0.1) is 0 Å². The topological polar surface area (TPSA) is 77.2 Å². The van der Waals surface area contributed by atoms with Crippen LogP contribution in [0.5, 0.6) is 5.75 Å². The first-order valence-electron chi connectivity index (χ1n) is 9.18. The molecule has 6 heteroatoms. The third-order valence-electron chi connectivity index (χ3n) is 4.21. The lowest BCUT2D eigenvalue weighted by atomic mass is 10.0. The summed E-state index contributed by atoms with van der Waals surface area (Å²) in [7, 11) is 0. The van der Waals surface area contributed by atoms with Crippen molar-refractivity contribution >= 4 is 29.4 Å². The Labute approximate surface area is 175 Å². The van der Waals surface area contributed by atoms with E-state index in [1.165, 1.54) is 11.6 Å². The number of nitrogens with one attached hydrogen (secondary N) is 1. The van der Waals surface area contributed by atoms with Crippen molar-refractivity contribution in [3.8, 4) is 16.9 Å². The largest absolute Gasteiger partial charge is 0.490 e. The van der Waals surface area contributed by atoms with Gasteiger partial charge in [0.05, 0.1) is 11.6 Å². The zero-order valence-corrected chi connectivity index (χ0v) is 16.8. The van der Waals surface area contributed by atoms with Gasteiger partial charge < -0.3 is 15.8 Å². The summed E-state index contributed by atoms with van der Waals surface area (Å²) in [5.74, 6) is 0.806. The standard InChI is InChI=1S/C23H22ClN3O2/c1-16-2-6-18(7-3-16)19-8-9-21(20(24)14-19)29-13-12-26-23(28)11-5-17-4-10-22(25)27-15-17/h2-11,14-15H,12-13H2,1H3,(H2,25,27)(H,26,28)/b11-5+. The molecule has 2 aromatic carbocycles. The van der Waals surface area contributed by atoms with E-state index in [2.05, 4.69) is 41.5 Å². The summed E-state index contributed by atoms with van der Waals surface area (Å²) < 4.78 is 5.68. The zero-order valence-electron chi connectivity index (χ0n) is 16.1. The van der Waals surface area contributed by atoms with Crippen molar-refractivity contribution in [1.82, 2.24) is 10.3 Å². The van der Waals surface area contributed by atoms with Crippen LogP contribution in [0.3, 0.4) is 0 Å². The van der Waals surface area contributed by atoms with Gasteiger partial charge in [0.15, 0.2) is 0 Å². The predicted octanol–water partition coefficient (Wildman–Crippen LogP) is 4.50. The van der Waals surface area contributed by atoms with Crippen LogP contribution >= 0.6 is 11.6 Å². The Morgan fingerprint density at radius 2 is 1.90 bits per heavy atom. The summed E-state index contributed by atoms with van der Waals surface area (Å²) in [5, 5.41) is 3.29. The van der Waals surface area contributed by atoms with E-state index in [0.29, 0.717) is 29.7 Å². The van der Waals surface area contributed by atoms with E-state index in [1.54, 1.807) is 24.4 Å². The number of nitrogen functional groups attached to an aromatic ring is 1. The highest BCUT2D eigenvalue weighted by molar-refractivity contribution is 6.32. The number of aryl methyl sites for hydroxylation is 1. The van der Waals surface area contributed by atoms with Gasteiger partial charge in [-0.1, -0.05) is 47.5 Å². The SMILES string of the molecule is Cc1ccc(-c2ccc(OCCNC(=O)/C=C/c3ccc(N)nc3)c(Cl)c2)cc1. The van der Waals surface area contributed by atoms with Gasteiger partial charge >= 0.3 is 0 Å². The number of carbonyl (C=O) groups excluding carboxylic acids is 1. The number of aromatic nitrogens is 1. The average Bonchev–Trinajstić information content (AvgIpc) is 2.72.